The molecule has 11 heteroatoms. The van der Waals surface area contributed by atoms with Crippen LogP contribution in [0.15, 0.2) is 88.0 Å². The van der Waals surface area contributed by atoms with E-state index < -0.39 is 0 Å². The van der Waals surface area contributed by atoms with Crippen molar-refractivity contribution >= 4 is 17.9 Å². The molecular formula is C35H43N11. The van der Waals surface area contributed by atoms with E-state index in [-0.39, 0.29) is 17.9 Å². The van der Waals surface area contributed by atoms with Crippen LogP contribution in [-0.4, -0.2) is 44.1 Å². The summed E-state index contributed by atoms with van der Waals surface area (Å²) in [6.07, 6.45) is 2.79. The van der Waals surface area contributed by atoms with E-state index in [9.17, 15) is 0 Å². The molecule has 0 bridgehead atoms. The Morgan fingerprint density at radius 1 is 0.522 bits per heavy atom. The van der Waals surface area contributed by atoms with Crippen molar-refractivity contribution in [1.82, 2.24) is 5.32 Å². The first-order valence-electron chi connectivity index (χ1n) is 14.8. The van der Waals surface area contributed by atoms with Crippen molar-refractivity contribution in [3.63, 3.8) is 0 Å². The molecule has 0 aliphatic carbocycles. The van der Waals surface area contributed by atoms with Crippen LogP contribution in [0.25, 0.3) is 0 Å². The topological polar surface area (TPSA) is 231 Å². The van der Waals surface area contributed by atoms with E-state index in [4.69, 9.17) is 40.1 Å². The monoisotopic (exact) mass is 617 g/mol. The van der Waals surface area contributed by atoms with Crippen LogP contribution < -0.4 is 45.5 Å². The van der Waals surface area contributed by atoms with Crippen LogP contribution in [-0.2, 0) is 25.7 Å². The highest BCUT2D eigenvalue weighted by Crippen LogP contribution is 2.14. The Balaban J connectivity index is 1.85. The summed E-state index contributed by atoms with van der Waals surface area (Å²) in [4.78, 5) is 12.3. The van der Waals surface area contributed by atoms with Gasteiger partial charge in [0.1, 0.15) is 0 Å². The van der Waals surface area contributed by atoms with E-state index >= 15 is 0 Å². The third-order valence-corrected chi connectivity index (χ3v) is 6.52. The Morgan fingerprint density at radius 2 is 0.891 bits per heavy atom. The Bertz CT molecular complexity index is 1680. The lowest BCUT2D eigenvalue weighted by Gasteiger charge is -2.08. The molecular weight excluding hydrogens is 574 g/mol. The smallest absolute Gasteiger partial charge is 0.185 e. The van der Waals surface area contributed by atoms with Gasteiger partial charge in [0.25, 0.3) is 0 Å². The number of hydrogen-bond donors (Lipinski definition) is 8. The number of rotatable bonds is 13. The molecule has 0 aliphatic rings. The molecule has 0 aromatic heterocycles. The van der Waals surface area contributed by atoms with E-state index in [1.54, 1.807) is 0 Å². The van der Waals surface area contributed by atoms with E-state index in [1.807, 2.05) is 36.4 Å². The van der Waals surface area contributed by atoms with Gasteiger partial charge in [-0.1, -0.05) is 48.5 Å². The summed E-state index contributed by atoms with van der Waals surface area (Å²) in [5, 5.41) is 3.06. The van der Waals surface area contributed by atoms with E-state index in [0.717, 1.165) is 50.9 Å². The van der Waals surface area contributed by atoms with Crippen LogP contribution in [0.1, 0.15) is 44.5 Å². The summed E-state index contributed by atoms with van der Waals surface area (Å²) in [7, 11) is 0. The van der Waals surface area contributed by atoms with Crippen LogP contribution in [0.2, 0.25) is 0 Å². The van der Waals surface area contributed by atoms with Crippen LogP contribution in [0.5, 0.6) is 0 Å². The first kappa shape index (κ1) is 34.4. The highest BCUT2D eigenvalue weighted by molar-refractivity contribution is 5.76. The summed E-state index contributed by atoms with van der Waals surface area (Å²) in [5.41, 5.74) is 46.4. The lowest BCUT2D eigenvalue weighted by Crippen LogP contribution is -2.23. The highest BCUT2D eigenvalue weighted by Gasteiger charge is 2.03. The second-order valence-electron chi connectivity index (χ2n) is 10.5. The van der Waals surface area contributed by atoms with E-state index in [0.29, 0.717) is 51.3 Å². The van der Waals surface area contributed by atoms with Crippen molar-refractivity contribution in [3.05, 3.63) is 118 Å². The molecule has 3 rings (SSSR count). The maximum absolute atomic E-state index is 5.66. The summed E-state index contributed by atoms with van der Waals surface area (Å²) in [6.45, 7) is 5.81. The second-order valence-corrected chi connectivity index (χ2v) is 10.5. The SMILES string of the molecule is C=C(N)NCCc1cc(C#Cc2cccc(C#Cc3cc(CCN=C(N)N)cc(CCN=C(N)N)c3)c2)cc(CCN=C(N)N)c1. The Labute approximate surface area is 271 Å². The fraction of sp³-hybridized carbons (Fsp3) is 0.229. The van der Waals surface area contributed by atoms with Gasteiger partial charge in [0.05, 0.1) is 5.82 Å². The van der Waals surface area contributed by atoms with Gasteiger partial charge in [0, 0.05) is 48.4 Å². The summed E-state index contributed by atoms with van der Waals surface area (Å²) in [5.74, 6) is 13.8. The molecule has 0 aliphatic heterocycles. The molecule has 0 amide bonds. The van der Waals surface area contributed by atoms with Crippen molar-refractivity contribution in [2.24, 2.45) is 55.1 Å². The molecule has 3 aromatic rings. The van der Waals surface area contributed by atoms with Crippen molar-refractivity contribution in [2.75, 3.05) is 26.2 Å². The first-order chi connectivity index (χ1) is 22.0. The van der Waals surface area contributed by atoms with Crippen molar-refractivity contribution in [1.29, 1.82) is 0 Å². The average molecular weight is 618 g/mol. The molecule has 11 nitrogen and oxygen atoms in total. The molecule has 15 N–H and O–H groups in total. The van der Waals surface area contributed by atoms with Crippen LogP contribution in [0.3, 0.4) is 0 Å². The molecule has 0 atom stereocenters. The predicted molar refractivity (Wildman–Crippen MR) is 189 cm³/mol. The van der Waals surface area contributed by atoms with Gasteiger partial charge in [0.2, 0.25) is 0 Å². The predicted octanol–water partition coefficient (Wildman–Crippen LogP) is 0.496. The number of nitrogens with two attached hydrogens (primary N) is 7. The summed E-state index contributed by atoms with van der Waals surface area (Å²) >= 11 is 0. The third kappa shape index (κ3) is 13.5. The Kier molecular flexibility index (Phi) is 13.4. The Morgan fingerprint density at radius 3 is 1.26 bits per heavy atom. The van der Waals surface area contributed by atoms with Crippen LogP contribution >= 0.6 is 0 Å². The molecule has 0 spiro atoms. The number of hydrogen-bond acceptors (Lipinski definition) is 5. The third-order valence-electron chi connectivity index (χ3n) is 6.52. The lowest BCUT2D eigenvalue weighted by molar-refractivity contribution is 0.780. The van der Waals surface area contributed by atoms with Crippen LogP contribution in [0, 0.1) is 23.7 Å². The van der Waals surface area contributed by atoms with Gasteiger partial charge in [-0.3, -0.25) is 15.0 Å². The minimum atomic E-state index is 0.0642. The maximum Gasteiger partial charge on any atom is 0.185 e. The van der Waals surface area contributed by atoms with Gasteiger partial charge >= 0.3 is 0 Å². The fourth-order valence-corrected chi connectivity index (χ4v) is 4.52. The number of nitrogens with one attached hydrogen (secondary N) is 1. The summed E-state index contributed by atoms with van der Waals surface area (Å²) < 4.78 is 0. The zero-order chi connectivity index (χ0) is 33.3. The zero-order valence-corrected chi connectivity index (χ0v) is 26.0. The van der Waals surface area contributed by atoms with Gasteiger partial charge in [-0.15, -0.1) is 0 Å². The normalized spacial score (nSPS) is 9.91. The molecule has 0 heterocycles. The van der Waals surface area contributed by atoms with Crippen LogP contribution in [0.4, 0.5) is 0 Å². The van der Waals surface area contributed by atoms with Gasteiger partial charge in [-0.25, -0.2) is 0 Å². The largest absolute Gasteiger partial charge is 0.386 e. The van der Waals surface area contributed by atoms with Gasteiger partial charge in [-0.05, 0) is 90.4 Å². The number of nitrogens with zero attached hydrogens (tertiary/aromatic N) is 3. The molecule has 46 heavy (non-hydrogen) atoms. The Hall–Kier alpha value is -6.07. The first-order valence-corrected chi connectivity index (χ1v) is 14.8. The lowest BCUT2D eigenvalue weighted by atomic mass is 10.0. The minimum Gasteiger partial charge on any atom is -0.386 e. The van der Waals surface area contributed by atoms with E-state index in [2.05, 4.69) is 74.8 Å². The number of guanidine groups is 3. The molecule has 0 radical (unpaired) electrons. The number of aliphatic imine (C=N–C) groups is 3. The van der Waals surface area contributed by atoms with Crippen molar-refractivity contribution in [3.8, 4) is 23.7 Å². The van der Waals surface area contributed by atoms with Crippen molar-refractivity contribution < 1.29 is 0 Å². The molecule has 0 fully saturated rings. The molecule has 0 saturated carbocycles. The second kappa shape index (κ2) is 17.9. The zero-order valence-electron chi connectivity index (χ0n) is 26.0. The minimum absolute atomic E-state index is 0.0642. The van der Waals surface area contributed by atoms with E-state index in [1.165, 1.54) is 0 Å². The average Bonchev–Trinajstić information content (AvgIpc) is 2.98. The standard InChI is InChI=1S/C35H43N11/c1-24(36)43-13-9-29-18-27(19-30(22-29)10-14-44-33(37)38)7-5-25-3-2-4-26(17-25)6-8-28-20-31(11-15-45-34(39)40)23-32(21-28)12-16-46-35(41)42/h2-4,17-23,43H,1,9-16,36H2,(H4,37,38,44)(H4,39,40,45)(H4,41,42,46). The maximum atomic E-state index is 5.66. The fourth-order valence-electron chi connectivity index (χ4n) is 4.52. The quantitative estimate of drug-likeness (QED) is 0.0762. The van der Waals surface area contributed by atoms with Gasteiger partial charge < -0.3 is 45.5 Å². The van der Waals surface area contributed by atoms with Gasteiger partial charge in [-0.2, -0.15) is 0 Å². The molecule has 0 unspecified atom stereocenters. The molecule has 238 valence electrons. The number of benzene rings is 3. The van der Waals surface area contributed by atoms with Gasteiger partial charge in [0.15, 0.2) is 17.9 Å². The highest BCUT2D eigenvalue weighted by atomic mass is 15.0. The summed E-state index contributed by atoms with van der Waals surface area (Å²) in [6, 6.07) is 20.3. The van der Waals surface area contributed by atoms with Crippen molar-refractivity contribution in [2.45, 2.75) is 25.7 Å². The molecule has 3 aromatic carbocycles. The molecule has 0 saturated heterocycles.